The summed E-state index contributed by atoms with van der Waals surface area (Å²) < 4.78 is 20.2. The van der Waals surface area contributed by atoms with E-state index in [1.165, 1.54) is 31.4 Å². The van der Waals surface area contributed by atoms with E-state index in [0.29, 0.717) is 11.1 Å². The minimum absolute atomic E-state index is 0.0230. The molecule has 130 valence electrons. The van der Waals surface area contributed by atoms with Crippen LogP contribution in [0, 0.1) is 5.82 Å². The average molecular weight is 355 g/mol. The number of aromatic nitrogens is 6. The van der Waals surface area contributed by atoms with Gasteiger partial charge in [0.2, 0.25) is 5.95 Å². The summed E-state index contributed by atoms with van der Waals surface area (Å²) in [6.45, 7) is 0. The topological polar surface area (TPSA) is 127 Å². The van der Waals surface area contributed by atoms with Crippen LogP contribution >= 0.6 is 0 Å². The number of fused-ring (bicyclic) bond motifs is 3. The molecule has 3 aromatic heterocycles. The molecule has 0 saturated carbocycles. The smallest absolute Gasteiger partial charge is 0.271 e. The van der Waals surface area contributed by atoms with Crippen LogP contribution in [0.4, 0.5) is 10.3 Å². The summed E-state index contributed by atoms with van der Waals surface area (Å²) in [5.74, 6) is -0.890. The van der Waals surface area contributed by atoms with E-state index in [0.717, 1.165) is 10.6 Å². The Hall–Kier alpha value is -3.89. The van der Waals surface area contributed by atoms with Gasteiger partial charge in [-0.25, -0.2) is 14.5 Å². The van der Waals surface area contributed by atoms with Crippen molar-refractivity contribution in [2.45, 2.75) is 0 Å². The molecule has 0 saturated heterocycles. The number of nitrogens with one attached hydrogen (secondary N) is 2. The zero-order valence-electron chi connectivity index (χ0n) is 13.2. The van der Waals surface area contributed by atoms with E-state index in [1.807, 2.05) is 0 Å². The van der Waals surface area contributed by atoms with Gasteiger partial charge in [0.15, 0.2) is 0 Å². The van der Waals surface area contributed by atoms with Crippen LogP contribution in [0.3, 0.4) is 0 Å². The predicted molar refractivity (Wildman–Crippen MR) is 87.6 cm³/mol. The van der Waals surface area contributed by atoms with Crippen molar-refractivity contribution in [3.63, 3.8) is 0 Å². The van der Waals surface area contributed by atoms with Crippen LogP contribution in [-0.2, 0) is 0 Å². The van der Waals surface area contributed by atoms with E-state index in [9.17, 15) is 14.0 Å². The fourth-order valence-corrected chi connectivity index (χ4v) is 2.61. The molecule has 11 heteroatoms. The standard InChI is InChI=1S/C15H10FN7O3/c1-26-11-5-12-17-6-9(13(24)18-15-19-21-22-20-15)14(25)23(12)10-4-7(16)2-3-8(10)11/h2-6H,1H3,(H2,18,19,20,21,22,24). The van der Waals surface area contributed by atoms with Gasteiger partial charge in [-0.1, -0.05) is 5.10 Å². The van der Waals surface area contributed by atoms with E-state index in [-0.39, 0.29) is 22.7 Å². The third-order valence-electron chi connectivity index (χ3n) is 3.76. The number of amides is 1. The number of aromatic amines is 1. The molecule has 0 unspecified atom stereocenters. The summed E-state index contributed by atoms with van der Waals surface area (Å²) in [5.41, 5.74) is -0.483. The Morgan fingerprint density at radius 3 is 2.92 bits per heavy atom. The fourth-order valence-electron chi connectivity index (χ4n) is 2.61. The van der Waals surface area contributed by atoms with Gasteiger partial charge >= 0.3 is 0 Å². The lowest BCUT2D eigenvalue weighted by Crippen LogP contribution is -2.27. The number of methoxy groups -OCH3 is 1. The molecule has 0 fully saturated rings. The second kappa shape index (κ2) is 5.88. The molecule has 1 amide bonds. The van der Waals surface area contributed by atoms with E-state index in [1.54, 1.807) is 0 Å². The molecular formula is C15H10FN7O3. The monoisotopic (exact) mass is 355 g/mol. The van der Waals surface area contributed by atoms with Crippen molar-refractivity contribution in [2.75, 3.05) is 12.4 Å². The molecule has 26 heavy (non-hydrogen) atoms. The molecule has 3 heterocycles. The van der Waals surface area contributed by atoms with Gasteiger partial charge in [0, 0.05) is 17.6 Å². The minimum Gasteiger partial charge on any atom is -0.496 e. The Morgan fingerprint density at radius 1 is 1.35 bits per heavy atom. The van der Waals surface area contributed by atoms with Crippen LogP contribution in [0.1, 0.15) is 10.4 Å². The lowest BCUT2D eigenvalue weighted by molar-refractivity contribution is 0.102. The summed E-state index contributed by atoms with van der Waals surface area (Å²) in [5, 5.41) is 15.3. The number of anilines is 1. The quantitative estimate of drug-likeness (QED) is 0.519. The Labute approximate surface area is 143 Å². The summed E-state index contributed by atoms with van der Waals surface area (Å²) >= 11 is 0. The van der Waals surface area contributed by atoms with Gasteiger partial charge in [0.05, 0.1) is 12.6 Å². The highest BCUT2D eigenvalue weighted by atomic mass is 19.1. The summed E-state index contributed by atoms with van der Waals surface area (Å²) in [4.78, 5) is 29.3. The predicted octanol–water partition coefficient (Wildman–Crippen LogP) is 0.761. The maximum atomic E-state index is 13.8. The number of hydrogen-bond donors (Lipinski definition) is 2. The van der Waals surface area contributed by atoms with Crippen molar-refractivity contribution in [1.29, 1.82) is 0 Å². The largest absolute Gasteiger partial charge is 0.496 e. The van der Waals surface area contributed by atoms with E-state index in [2.05, 4.69) is 30.9 Å². The van der Waals surface area contributed by atoms with Gasteiger partial charge in [-0.15, -0.1) is 0 Å². The third-order valence-corrected chi connectivity index (χ3v) is 3.76. The molecule has 0 aliphatic rings. The normalized spacial score (nSPS) is 11.0. The van der Waals surface area contributed by atoms with Crippen molar-refractivity contribution >= 4 is 28.4 Å². The Bertz CT molecular complexity index is 1200. The number of rotatable bonds is 3. The van der Waals surface area contributed by atoms with Gasteiger partial charge in [-0.05, 0) is 28.6 Å². The average Bonchev–Trinajstić information content (AvgIpc) is 3.13. The maximum absolute atomic E-state index is 13.8. The molecule has 0 spiro atoms. The number of pyridine rings is 1. The second-order valence-electron chi connectivity index (χ2n) is 5.25. The first-order valence-electron chi connectivity index (χ1n) is 7.31. The minimum atomic E-state index is -0.754. The zero-order valence-corrected chi connectivity index (χ0v) is 13.2. The summed E-state index contributed by atoms with van der Waals surface area (Å²) in [7, 11) is 1.46. The van der Waals surface area contributed by atoms with E-state index >= 15 is 0 Å². The molecule has 4 aromatic rings. The first-order valence-corrected chi connectivity index (χ1v) is 7.31. The number of tetrazole rings is 1. The highest BCUT2D eigenvalue weighted by molar-refractivity contribution is 6.03. The molecular weight excluding hydrogens is 345 g/mol. The van der Waals surface area contributed by atoms with Crippen molar-refractivity contribution in [3.05, 3.63) is 52.2 Å². The molecule has 2 N–H and O–H groups in total. The molecule has 0 radical (unpaired) electrons. The number of carbonyl (C=O) groups is 1. The van der Waals surface area contributed by atoms with Crippen LogP contribution < -0.4 is 15.6 Å². The van der Waals surface area contributed by atoms with Crippen LogP contribution in [0.25, 0.3) is 16.6 Å². The highest BCUT2D eigenvalue weighted by Crippen LogP contribution is 2.27. The summed E-state index contributed by atoms with van der Waals surface area (Å²) in [6, 6.07) is 5.45. The van der Waals surface area contributed by atoms with Gasteiger partial charge in [0.1, 0.15) is 22.8 Å². The number of nitrogens with zero attached hydrogens (tertiary/aromatic N) is 5. The number of halogens is 1. The Morgan fingerprint density at radius 2 is 2.19 bits per heavy atom. The molecule has 1 aromatic carbocycles. The Balaban J connectivity index is 1.97. The maximum Gasteiger partial charge on any atom is 0.271 e. The molecule has 0 atom stereocenters. The highest BCUT2D eigenvalue weighted by Gasteiger charge is 2.18. The first kappa shape index (κ1) is 15.6. The summed E-state index contributed by atoms with van der Waals surface area (Å²) in [6.07, 6.45) is 1.13. The van der Waals surface area contributed by atoms with Gasteiger partial charge in [-0.2, -0.15) is 0 Å². The number of benzene rings is 1. The lowest BCUT2D eigenvalue weighted by Gasteiger charge is -2.11. The molecule has 0 aliphatic heterocycles. The number of hydrogen-bond acceptors (Lipinski definition) is 7. The van der Waals surface area contributed by atoms with Crippen molar-refractivity contribution in [3.8, 4) is 5.75 Å². The van der Waals surface area contributed by atoms with Gasteiger partial charge in [-0.3, -0.25) is 19.3 Å². The number of H-pyrrole nitrogens is 1. The second-order valence-corrected chi connectivity index (χ2v) is 5.25. The Kier molecular flexibility index (Phi) is 3.53. The van der Waals surface area contributed by atoms with Crippen LogP contribution in [0.5, 0.6) is 5.75 Å². The van der Waals surface area contributed by atoms with Crippen LogP contribution in [-0.4, -0.2) is 43.0 Å². The number of ether oxygens (including phenoxy) is 1. The lowest BCUT2D eigenvalue weighted by atomic mass is 10.2. The zero-order chi connectivity index (χ0) is 18.3. The molecule has 0 aliphatic carbocycles. The molecule has 4 rings (SSSR count). The number of carbonyl (C=O) groups excluding carboxylic acids is 1. The van der Waals surface area contributed by atoms with Crippen LogP contribution in [0.2, 0.25) is 0 Å². The van der Waals surface area contributed by atoms with Crippen molar-refractivity contribution in [2.24, 2.45) is 0 Å². The molecule has 0 bridgehead atoms. The van der Waals surface area contributed by atoms with Crippen molar-refractivity contribution < 1.29 is 13.9 Å². The van der Waals surface area contributed by atoms with Crippen LogP contribution in [0.15, 0.2) is 35.3 Å². The van der Waals surface area contributed by atoms with Crippen molar-refractivity contribution in [1.82, 2.24) is 30.0 Å². The van der Waals surface area contributed by atoms with Gasteiger partial charge < -0.3 is 4.74 Å². The molecule has 10 nitrogen and oxygen atoms in total. The van der Waals surface area contributed by atoms with E-state index < -0.39 is 17.3 Å². The van der Waals surface area contributed by atoms with E-state index in [4.69, 9.17) is 4.74 Å². The third kappa shape index (κ3) is 2.42. The first-order chi connectivity index (χ1) is 12.6. The fraction of sp³-hybridized carbons (Fsp3) is 0.0667. The SMILES string of the molecule is COc1cc2ncc(C(=O)Nc3nnn[nH]3)c(=O)n2c2cc(F)ccc12. The van der Waals surface area contributed by atoms with Gasteiger partial charge in [0.25, 0.3) is 11.5 Å².